The Kier molecular flexibility index (Phi) is 35.7. The fraction of sp³-hybridized carbons (Fsp3) is 1.00. The Hall–Kier alpha value is -0.600. The Balaban J connectivity index is 0.000000135. The quantitative estimate of drug-likeness (QED) is 0.184. The molecule has 6 bridgehead atoms. The van der Waals surface area contributed by atoms with Crippen LogP contribution in [0.5, 0.6) is 0 Å². The van der Waals surface area contributed by atoms with E-state index in [1.54, 1.807) is 0 Å². The fourth-order valence-corrected chi connectivity index (χ4v) is 21.0. The zero-order valence-corrected chi connectivity index (χ0v) is 74.0. The van der Waals surface area contributed by atoms with E-state index in [0.29, 0.717) is 35.9 Å². The maximum Gasteiger partial charge on any atom is 0.0707 e. The monoisotopic (exact) mass is 1490 g/mol. The zero-order chi connectivity index (χ0) is 76.6. The van der Waals surface area contributed by atoms with Gasteiger partial charge in [0.1, 0.15) is 0 Å². The first kappa shape index (κ1) is 89.3. The van der Waals surface area contributed by atoms with Crippen molar-refractivity contribution in [3.63, 3.8) is 0 Å². The molecule has 620 valence electrons. The van der Waals surface area contributed by atoms with E-state index in [4.69, 9.17) is 18.9 Å². The highest BCUT2D eigenvalue weighted by Gasteiger charge is 2.78. The van der Waals surface area contributed by atoms with Crippen LogP contribution in [0.15, 0.2) is 0 Å². The van der Waals surface area contributed by atoms with Crippen LogP contribution in [0.3, 0.4) is 0 Å². The van der Waals surface area contributed by atoms with Crippen LogP contribution >= 0.6 is 0 Å². The number of likely N-dealkylation sites (tertiary alicyclic amines) is 8. The number of rotatable bonds is 11. The standard InChI is InChI=1S/C10H19N.C9H15NO.2C9H17NO.2C9H17N.C8H15N.C8H17N.C7H15NO.C7H15N.C6H13N/c1-9(2)11-7-3-4-10(8-11)5-6-10;1-6(2)10-8-5-11-4-7-3-9(7,8)10;1-7(2)10-8-3-4-9(10)6-11-5-8;1-7(2)10-5-8-3-4-9(6-10)11-8;1-7(2)10-6-8-3-4-9(10)5-8;1-8(2)10-6-5-9(7-10)3-4-9;1-6(2)9-4-7-3-8(7)5-9;1-8(2)9-6-4-3-5-7-9;1-7(2)8-3-5-9-6-4-8;1-7(2)8-5-3-4-6-8;1-6(2)7-4-3-5-7/h9H,3-8H2,1-2H3;6-8H,3-5H2,1-2H3;2*7-9H,3-6H2,1-2H3;7-9H,3-6H2,1-2H3;8H,3-7H2,1-2H3;6-8H,3-5H2,1-2H3;8H,3-7H2,1-2H3;7H,3-6H2,1-2H3;7H,3-6H2,1-2H3;6H,3-5H2,1-2H3/t;;;;8-,9+;;;;;;/m....0....../s1. The van der Waals surface area contributed by atoms with E-state index >= 15 is 0 Å². The number of nitrogens with zero attached hydrogens (tertiary/aromatic N) is 11. The van der Waals surface area contributed by atoms with Gasteiger partial charge in [0.25, 0.3) is 0 Å². The van der Waals surface area contributed by atoms with Crippen molar-refractivity contribution in [3.05, 3.63) is 0 Å². The average molecular weight is 1490 g/mol. The summed E-state index contributed by atoms with van der Waals surface area (Å²) in [5.41, 5.74) is 2.29. The summed E-state index contributed by atoms with van der Waals surface area (Å²) < 4.78 is 22.0. The van der Waals surface area contributed by atoms with E-state index in [0.717, 1.165) is 173 Å². The molecule has 19 rings (SSSR count). The van der Waals surface area contributed by atoms with Gasteiger partial charge in [-0.3, -0.25) is 24.5 Å². The van der Waals surface area contributed by atoms with Crippen molar-refractivity contribution < 1.29 is 18.9 Å². The first-order chi connectivity index (χ1) is 50.5. The van der Waals surface area contributed by atoms with E-state index in [2.05, 4.69) is 206 Å². The average Bonchev–Trinajstić information content (AvgIpc) is 1.48. The van der Waals surface area contributed by atoms with E-state index in [1.807, 2.05) is 0 Å². The van der Waals surface area contributed by atoms with Gasteiger partial charge >= 0.3 is 0 Å². The Bertz CT molecular complexity index is 2340. The van der Waals surface area contributed by atoms with Crippen molar-refractivity contribution in [1.29, 1.82) is 0 Å². The van der Waals surface area contributed by atoms with Crippen molar-refractivity contribution in [1.82, 2.24) is 53.9 Å². The van der Waals surface area contributed by atoms with E-state index < -0.39 is 0 Å². The molecular weight excluding hydrogens is 1310 g/mol. The summed E-state index contributed by atoms with van der Waals surface area (Å²) in [5, 5.41) is 0. The minimum absolute atomic E-state index is 0.552. The minimum Gasteiger partial charge on any atom is -0.379 e. The molecule has 15 nitrogen and oxygen atoms in total. The normalized spacial score (nSPS) is 34.4. The first-order valence-corrected chi connectivity index (χ1v) is 46.1. The largest absolute Gasteiger partial charge is 0.379 e. The van der Waals surface area contributed by atoms with Crippen LogP contribution in [0, 0.1) is 34.5 Å². The van der Waals surface area contributed by atoms with Crippen molar-refractivity contribution in [2.24, 2.45) is 34.5 Å². The molecule has 0 radical (unpaired) electrons. The predicted molar refractivity (Wildman–Crippen MR) is 449 cm³/mol. The summed E-state index contributed by atoms with van der Waals surface area (Å²) in [7, 11) is 0. The summed E-state index contributed by atoms with van der Waals surface area (Å²) in [4.78, 5) is 28.3. The van der Waals surface area contributed by atoms with Crippen LogP contribution in [0.25, 0.3) is 0 Å². The van der Waals surface area contributed by atoms with Gasteiger partial charge < -0.3 is 48.3 Å². The summed E-state index contributed by atoms with van der Waals surface area (Å²) >= 11 is 0. The molecule has 5 saturated carbocycles. The smallest absolute Gasteiger partial charge is 0.0707 e. The molecule has 0 N–H and O–H groups in total. The molecule has 0 amide bonds. The second-order valence-corrected chi connectivity index (χ2v) is 40.6. The van der Waals surface area contributed by atoms with Gasteiger partial charge in [-0.25, -0.2) is 0 Å². The van der Waals surface area contributed by atoms with E-state index in [1.165, 1.54) is 226 Å². The lowest BCUT2D eigenvalue weighted by Gasteiger charge is -2.37. The second-order valence-electron chi connectivity index (χ2n) is 40.6. The van der Waals surface area contributed by atoms with Gasteiger partial charge in [0, 0.05) is 155 Å². The highest BCUT2D eigenvalue weighted by molar-refractivity contribution is 5.33. The van der Waals surface area contributed by atoms with Gasteiger partial charge in [0.05, 0.1) is 57.9 Å². The van der Waals surface area contributed by atoms with Crippen LogP contribution in [0.4, 0.5) is 0 Å². The molecule has 14 aliphatic heterocycles. The molecule has 0 aromatic rings. The van der Waals surface area contributed by atoms with Crippen LogP contribution in [-0.4, -0.2) is 313 Å². The van der Waals surface area contributed by atoms with Gasteiger partial charge in [-0.2, -0.15) is 0 Å². The van der Waals surface area contributed by atoms with Gasteiger partial charge in [-0.1, -0.05) is 6.42 Å². The van der Waals surface area contributed by atoms with Gasteiger partial charge in [-0.15, -0.1) is 0 Å². The molecule has 0 aromatic heterocycles. The maximum absolute atomic E-state index is 5.74. The van der Waals surface area contributed by atoms with Crippen LogP contribution in [0.1, 0.15) is 294 Å². The third-order valence-corrected chi connectivity index (χ3v) is 29.1. The molecule has 10 unspecified atom stereocenters. The Labute approximate surface area is 656 Å². The third kappa shape index (κ3) is 26.7. The lowest BCUT2D eigenvalue weighted by Crippen LogP contribution is -2.49. The van der Waals surface area contributed by atoms with Crippen molar-refractivity contribution in [2.45, 2.75) is 402 Å². The predicted octanol–water partition coefficient (Wildman–Crippen LogP) is 16.0. The van der Waals surface area contributed by atoms with Crippen molar-refractivity contribution in [3.8, 4) is 0 Å². The third-order valence-electron chi connectivity index (χ3n) is 29.1. The molecule has 0 aromatic carbocycles. The van der Waals surface area contributed by atoms with Gasteiger partial charge in [0.15, 0.2) is 0 Å². The Morgan fingerprint density at radius 1 is 0.311 bits per heavy atom. The molecule has 15 heteroatoms. The summed E-state index contributed by atoms with van der Waals surface area (Å²) in [6.07, 6.45) is 32.8. The number of morpholine rings is 3. The SMILES string of the molecule is CC(C)N1C2CCC1COC2.CC(C)N1C2COCC3CC321.CC(C)N1CC2CC2C1.CC(C)N1CC2CCC(C1)O2.CC(C)N1CCC1.CC(C)N1CCC2(CC2)C1.CC(C)N1CCCC1.CC(C)N1CCCC2(CC2)C1.CC(C)N1CCCCC1.CC(C)N1CCOCC1.CC(C)N1C[C@H]2CC[C@@H]1C2. The fourth-order valence-electron chi connectivity index (χ4n) is 21.0. The molecular formula is C91H177N11O4. The van der Waals surface area contributed by atoms with Crippen LogP contribution in [-0.2, 0) is 18.9 Å². The number of hydrogen-bond acceptors (Lipinski definition) is 15. The second kappa shape index (κ2) is 42.3. The molecule has 12 atom stereocenters. The molecule has 19 aliphatic rings. The minimum atomic E-state index is 0.552. The summed E-state index contributed by atoms with van der Waals surface area (Å²) in [6, 6.07) is 11.5. The van der Waals surface area contributed by atoms with Crippen LogP contribution < -0.4 is 0 Å². The topological polar surface area (TPSA) is 72.3 Å². The highest BCUT2D eigenvalue weighted by atomic mass is 16.5. The number of hydrogen-bond donors (Lipinski definition) is 0. The van der Waals surface area contributed by atoms with Crippen molar-refractivity contribution in [2.75, 3.05) is 151 Å². The number of fused-ring (bicyclic) bond motifs is 7. The molecule has 106 heavy (non-hydrogen) atoms. The Morgan fingerprint density at radius 2 is 0.745 bits per heavy atom. The molecule has 3 spiro atoms. The Morgan fingerprint density at radius 3 is 1.09 bits per heavy atom. The van der Waals surface area contributed by atoms with Gasteiger partial charge in [0.2, 0.25) is 0 Å². The maximum atomic E-state index is 5.74. The number of ether oxygens (including phenoxy) is 4. The van der Waals surface area contributed by atoms with E-state index in [-0.39, 0.29) is 0 Å². The number of piperidine rings is 4. The highest BCUT2D eigenvalue weighted by Crippen LogP contribution is 2.67. The summed E-state index contributed by atoms with van der Waals surface area (Å²) in [6.45, 7) is 78.2. The van der Waals surface area contributed by atoms with E-state index in [9.17, 15) is 0 Å². The molecule has 14 heterocycles. The molecule has 14 saturated heterocycles. The van der Waals surface area contributed by atoms with Crippen molar-refractivity contribution >= 4 is 0 Å². The molecule has 5 aliphatic carbocycles. The summed E-state index contributed by atoms with van der Waals surface area (Å²) in [5.74, 6) is 4.16. The first-order valence-electron chi connectivity index (χ1n) is 46.1. The zero-order valence-electron chi connectivity index (χ0n) is 74.0. The van der Waals surface area contributed by atoms with Crippen LogP contribution in [0.2, 0.25) is 0 Å². The van der Waals surface area contributed by atoms with Gasteiger partial charge in [-0.05, 0) is 368 Å². The lowest BCUT2D eigenvalue weighted by molar-refractivity contribution is -0.0480. The molecule has 19 fully saturated rings. The lowest BCUT2D eigenvalue weighted by atomic mass is 9.94.